The molecule has 3 rings (SSSR count). The van der Waals surface area contributed by atoms with Gasteiger partial charge in [0.1, 0.15) is 0 Å². The van der Waals surface area contributed by atoms with Gasteiger partial charge in [-0.15, -0.1) is 11.8 Å². The molecule has 5 heteroatoms. The highest BCUT2D eigenvalue weighted by Crippen LogP contribution is 2.31. The lowest BCUT2D eigenvalue weighted by molar-refractivity contribution is 0.880. The number of benzene rings is 2. The van der Waals surface area contributed by atoms with Crippen molar-refractivity contribution in [3.8, 4) is 5.69 Å². The summed E-state index contributed by atoms with van der Waals surface area (Å²) in [5.74, 6) is 0.816. The highest BCUT2D eigenvalue weighted by molar-refractivity contribution is 7.98. The summed E-state index contributed by atoms with van der Waals surface area (Å²) in [4.78, 5) is 1.03. The molecule has 0 radical (unpaired) electrons. The van der Waals surface area contributed by atoms with Crippen LogP contribution in [-0.2, 0) is 5.75 Å². The van der Waals surface area contributed by atoms with Crippen LogP contribution in [0.1, 0.15) is 5.56 Å². The van der Waals surface area contributed by atoms with E-state index in [0.717, 1.165) is 21.9 Å². The lowest BCUT2D eigenvalue weighted by Gasteiger charge is -2.03. The van der Waals surface area contributed by atoms with Crippen molar-refractivity contribution in [3.63, 3.8) is 0 Å². The molecule has 3 aromatic rings. The lowest BCUT2D eigenvalue weighted by Crippen LogP contribution is -1.92. The summed E-state index contributed by atoms with van der Waals surface area (Å²) >= 11 is 7.85. The third-order valence-corrected chi connectivity index (χ3v) is 4.58. The van der Waals surface area contributed by atoms with Gasteiger partial charge in [0.2, 0.25) is 0 Å². The topological polar surface area (TPSA) is 43.8 Å². The Kier molecular flexibility index (Phi) is 4.18. The van der Waals surface area contributed by atoms with E-state index in [2.05, 4.69) is 5.10 Å². The highest BCUT2D eigenvalue weighted by atomic mass is 35.5. The van der Waals surface area contributed by atoms with Gasteiger partial charge in [-0.1, -0.05) is 29.8 Å². The quantitative estimate of drug-likeness (QED) is 0.573. The van der Waals surface area contributed by atoms with Crippen molar-refractivity contribution in [1.29, 1.82) is 0 Å². The zero-order chi connectivity index (χ0) is 14.7. The van der Waals surface area contributed by atoms with Gasteiger partial charge >= 0.3 is 0 Å². The number of para-hydroxylation sites is 1. The molecule has 1 aromatic heterocycles. The predicted molar refractivity (Wildman–Crippen MR) is 89.0 cm³/mol. The number of rotatable bonds is 4. The Hall–Kier alpha value is -1.91. The molecule has 0 bridgehead atoms. The number of anilines is 1. The second-order valence-corrected chi connectivity index (χ2v) is 6.03. The molecule has 1 heterocycles. The Bertz CT molecular complexity index is 740. The molecule has 0 spiro atoms. The van der Waals surface area contributed by atoms with E-state index in [1.807, 2.05) is 59.5 Å². The Labute approximate surface area is 132 Å². The number of aromatic nitrogens is 2. The summed E-state index contributed by atoms with van der Waals surface area (Å²) in [6.45, 7) is 0. The van der Waals surface area contributed by atoms with E-state index in [-0.39, 0.29) is 0 Å². The molecule has 21 heavy (non-hydrogen) atoms. The fourth-order valence-electron chi connectivity index (χ4n) is 1.95. The normalized spacial score (nSPS) is 10.7. The van der Waals surface area contributed by atoms with Crippen LogP contribution in [-0.4, -0.2) is 9.78 Å². The van der Waals surface area contributed by atoms with Crippen LogP contribution in [0.2, 0.25) is 5.02 Å². The average molecular weight is 316 g/mol. The third-order valence-electron chi connectivity index (χ3n) is 3.01. The van der Waals surface area contributed by atoms with E-state index in [0.29, 0.717) is 10.7 Å². The predicted octanol–water partition coefficient (Wildman–Crippen LogP) is 4.40. The second kappa shape index (κ2) is 6.24. The standard InChI is InChI=1S/C16H14ClN3S/c17-15-8-13(18)6-7-16(15)21-11-12-9-19-20(10-12)14-4-2-1-3-5-14/h1-10H,11,18H2. The second-order valence-electron chi connectivity index (χ2n) is 4.61. The van der Waals surface area contributed by atoms with Gasteiger partial charge in [-0.2, -0.15) is 5.10 Å². The number of hydrogen-bond acceptors (Lipinski definition) is 3. The van der Waals surface area contributed by atoms with Crippen molar-refractivity contribution >= 4 is 29.1 Å². The van der Waals surface area contributed by atoms with Crippen LogP contribution in [0.4, 0.5) is 5.69 Å². The molecule has 0 aliphatic rings. The minimum Gasteiger partial charge on any atom is -0.399 e. The fraction of sp³-hybridized carbons (Fsp3) is 0.0625. The van der Waals surface area contributed by atoms with Gasteiger partial charge in [0.15, 0.2) is 0 Å². The van der Waals surface area contributed by atoms with Gasteiger partial charge in [0.25, 0.3) is 0 Å². The number of hydrogen-bond donors (Lipinski definition) is 1. The average Bonchev–Trinajstić information content (AvgIpc) is 2.96. The highest BCUT2D eigenvalue weighted by Gasteiger charge is 2.05. The Balaban J connectivity index is 1.70. The van der Waals surface area contributed by atoms with Crippen LogP contribution < -0.4 is 5.73 Å². The van der Waals surface area contributed by atoms with Crippen LogP contribution in [0.25, 0.3) is 5.69 Å². The van der Waals surface area contributed by atoms with Gasteiger partial charge in [0, 0.05) is 28.1 Å². The minimum absolute atomic E-state index is 0.682. The van der Waals surface area contributed by atoms with E-state index >= 15 is 0 Å². The van der Waals surface area contributed by atoms with E-state index in [1.54, 1.807) is 17.8 Å². The number of nitrogens with zero attached hydrogens (tertiary/aromatic N) is 2. The van der Waals surface area contributed by atoms with Gasteiger partial charge < -0.3 is 5.73 Å². The maximum absolute atomic E-state index is 6.18. The first-order chi connectivity index (χ1) is 10.2. The third kappa shape index (κ3) is 3.40. The molecule has 0 fully saturated rings. The van der Waals surface area contributed by atoms with Crippen LogP contribution in [0.15, 0.2) is 65.8 Å². The largest absolute Gasteiger partial charge is 0.399 e. The van der Waals surface area contributed by atoms with E-state index in [9.17, 15) is 0 Å². The molecule has 0 aliphatic heterocycles. The summed E-state index contributed by atoms with van der Waals surface area (Å²) < 4.78 is 1.88. The molecule has 0 unspecified atom stereocenters. The van der Waals surface area contributed by atoms with Crippen LogP contribution >= 0.6 is 23.4 Å². The molecule has 0 saturated carbocycles. The molecule has 0 saturated heterocycles. The SMILES string of the molecule is Nc1ccc(SCc2cnn(-c3ccccc3)c2)c(Cl)c1. The number of halogens is 1. The Morgan fingerprint density at radius 1 is 1.14 bits per heavy atom. The van der Waals surface area contributed by atoms with Crippen LogP contribution in [0, 0.1) is 0 Å². The fourth-order valence-corrected chi connectivity index (χ4v) is 3.14. The van der Waals surface area contributed by atoms with E-state index < -0.39 is 0 Å². The first-order valence-corrected chi connectivity index (χ1v) is 7.85. The smallest absolute Gasteiger partial charge is 0.0645 e. The van der Waals surface area contributed by atoms with E-state index in [4.69, 9.17) is 17.3 Å². The molecule has 0 amide bonds. The molecule has 2 aromatic carbocycles. The van der Waals surface area contributed by atoms with Crippen molar-refractivity contribution in [2.75, 3.05) is 5.73 Å². The summed E-state index contributed by atoms with van der Waals surface area (Å²) in [6.07, 6.45) is 3.92. The van der Waals surface area contributed by atoms with Gasteiger partial charge in [0.05, 0.1) is 16.9 Å². The van der Waals surface area contributed by atoms with Crippen molar-refractivity contribution < 1.29 is 0 Å². The van der Waals surface area contributed by atoms with Crippen molar-refractivity contribution in [3.05, 3.63) is 71.5 Å². The molecular formula is C16H14ClN3S. The van der Waals surface area contributed by atoms with Gasteiger partial charge in [-0.05, 0) is 30.3 Å². The summed E-state index contributed by atoms with van der Waals surface area (Å²) in [7, 11) is 0. The van der Waals surface area contributed by atoms with Crippen molar-refractivity contribution in [1.82, 2.24) is 9.78 Å². The number of thioether (sulfide) groups is 1. The number of nitrogens with two attached hydrogens (primary N) is 1. The van der Waals surface area contributed by atoms with Crippen LogP contribution in [0.5, 0.6) is 0 Å². The molecule has 106 valence electrons. The summed E-state index contributed by atoms with van der Waals surface area (Å²) in [5, 5.41) is 5.08. The maximum Gasteiger partial charge on any atom is 0.0645 e. The number of nitrogen functional groups attached to an aromatic ring is 1. The monoisotopic (exact) mass is 315 g/mol. The molecule has 3 nitrogen and oxygen atoms in total. The van der Waals surface area contributed by atoms with Crippen molar-refractivity contribution in [2.45, 2.75) is 10.6 Å². The molecule has 0 atom stereocenters. The van der Waals surface area contributed by atoms with E-state index in [1.165, 1.54) is 0 Å². The van der Waals surface area contributed by atoms with Crippen molar-refractivity contribution in [2.24, 2.45) is 0 Å². The first-order valence-electron chi connectivity index (χ1n) is 6.49. The Morgan fingerprint density at radius 3 is 2.71 bits per heavy atom. The van der Waals surface area contributed by atoms with Gasteiger partial charge in [-0.25, -0.2) is 4.68 Å². The molecule has 0 aliphatic carbocycles. The lowest BCUT2D eigenvalue weighted by atomic mass is 10.3. The first kappa shape index (κ1) is 14.0. The zero-order valence-corrected chi connectivity index (χ0v) is 12.8. The van der Waals surface area contributed by atoms with Gasteiger partial charge in [-0.3, -0.25) is 0 Å². The van der Waals surface area contributed by atoms with Crippen LogP contribution in [0.3, 0.4) is 0 Å². The Morgan fingerprint density at radius 2 is 1.95 bits per heavy atom. The zero-order valence-electron chi connectivity index (χ0n) is 11.2. The summed E-state index contributed by atoms with van der Waals surface area (Å²) in [5.41, 5.74) is 8.58. The summed E-state index contributed by atoms with van der Waals surface area (Å²) in [6, 6.07) is 15.6. The molecular weight excluding hydrogens is 302 g/mol. The maximum atomic E-state index is 6.18. The minimum atomic E-state index is 0.682. The molecule has 2 N–H and O–H groups in total.